The van der Waals surface area contributed by atoms with Crippen LogP contribution in [-0.4, -0.2) is 41.3 Å². The summed E-state index contributed by atoms with van der Waals surface area (Å²) >= 11 is 0. The zero-order valence-electron chi connectivity index (χ0n) is 21.9. The van der Waals surface area contributed by atoms with Crippen molar-refractivity contribution in [3.63, 3.8) is 0 Å². The number of benzene rings is 2. The maximum atomic E-state index is 13.2. The van der Waals surface area contributed by atoms with E-state index in [1.807, 2.05) is 23.1 Å². The molecule has 0 atom stereocenters. The Morgan fingerprint density at radius 1 is 1.08 bits per heavy atom. The van der Waals surface area contributed by atoms with Crippen molar-refractivity contribution >= 4 is 22.7 Å². The van der Waals surface area contributed by atoms with Gasteiger partial charge in [-0.2, -0.15) is 0 Å². The summed E-state index contributed by atoms with van der Waals surface area (Å²) in [6, 6.07) is 16.9. The van der Waals surface area contributed by atoms with Gasteiger partial charge in [-0.3, -0.25) is 9.78 Å². The summed E-state index contributed by atoms with van der Waals surface area (Å²) in [6.07, 6.45) is 6.99. The number of carbonyl (C=O) groups excluding carboxylic acids is 2. The lowest BCUT2D eigenvalue weighted by Gasteiger charge is -2.32. The number of unbranched alkanes of at least 4 members (excludes halogenated alkanes) is 1. The van der Waals surface area contributed by atoms with Crippen molar-refractivity contribution in [1.82, 2.24) is 15.2 Å². The second-order valence-electron chi connectivity index (χ2n) is 10.5. The molecule has 0 radical (unpaired) electrons. The minimum Gasteiger partial charge on any atom is -0.338 e. The van der Waals surface area contributed by atoms with E-state index >= 15 is 0 Å². The van der Waals surface area contributed by atoms with Gasteiger partial charge in [0.25, 0.3) is 0 Å². The number of ketones is 1. The van der Waals surface area contributed by atoms with Gasteiger partial charge in [0.2, 0.25) is 0 Å². The summed E-state index contributed by atoms with van der Waals surface area (Å²) in [5.74, 6) is 0.861. The van der Waals surface area contributed by atoms with Crippen LogP contribution in [0.1, 0.15) is 85.8 Å². The molecule has 3 aromatic rings. The third kappa shape index (κ3) is 6.31. The van der Waals surface area contributed by atoms with E-state index in [2.05, 4.69) is 61.4 Å². The first-order valence-corrected chi connectivity index (χ1v) is 13.5. The van der Waals surface area contributed by atoms with Crippen molar-refractivity contribution in [3.05, 3.63) is 77.0 Å². The van der Waals surface area contributed by atoms with Gasteiger partial charge in [0.05, 0.1) is 5.52 Å². The molecule has 0 aliphatic carbocycles. The number of piperidine rings is 1. The lowest BCUT2D eigenvalue weighted by atomic mass is 9.86. The third-order valence-corrected chi connectivity index (χ3v) is 7.18. The van der Waals surface area contributed by atoms with Gasteiger partial charge in [0.15, 0.2) is 5.78 Å². The number of hydrogen-bond donors (Lipinski definition) is 1. The minimum atomic E-state index is 0.0584. The largest absolute Gasteiger partial charge is 0.338 e. The summed E-state index contributed by atoms with van der Waals surface area (Å²) in [5, 5.41) is 4.11. The maximum absolute atomic E-state index is 13.2. The molecule has 5 nitrogen and oxygen atoms in total. The fourth-order valence-corrected chi connectivity index (χ4v) is 5.13. The van der Waals surface area contributed by atoms with E-state index in [0.717, 1.165) is 67.3 Å². The minimum absolute atomic E-state index is 0.0584. The van der Waals surface area contributed by atoms with Crippen LogP contribution in [0.4, 0.5) is 4.79 Å². The summed E-state index contributed by atoms with van der Waals surface area (Å²) in [6.45, 7) is 8.57. The van der Waals surface area contributed by atoms with Gasteiger partial charge in [0.1, 0.15) is 0 Å². The molecule has 2 aromatic carbocycles. The van der Waals surface area contributed by atoms with Gasteiger partial charge in [-0.05, 0) is 66.3 Å². The molecule has 1 aliphatic rings. The van der Waals surface area contributed by atoms with Gasteiger partial charge in [0, 0.05) is 43.2 Å². The van der Waals surface area contributed by atoms with E-state index in [4.69, 9.17) is 0 Å². The van der Waals surface area contributed by atoms with Crippen molar-refractivity contribution in [2.75, 3.05) is 19.6 Å². The first kappa shape index (κ1) is 25.9. The van der Waals surface area contributed by atoms with Crippen LogP contribution in [-0.2, 0) is 6.42 Å². The molecule has 0 saturated carbocycles. The van der Waals surface area contributed by atoms with Crippen LogP contribution in [0, 0.1) is 5.92 Å². The molecule has 0 spiro atoms. The lowest BCUT2D eigenvalue weighted by molar-refractivity contribution is 0.0967. The van der Waals surface area contributed by atoms with E-state index in [-0.39, 0.29) is 11.8 Å². The molecular weight excluding hydrogens is 446 g/mol. The Morgan fingerprint density at radius 3 is 2.53 bits per heavy atom. The zero-order chi connectivity index (χ0) is 25.5. The predicted octanol–water partition coefficient (Wildman–Crippen LogP) is 6.74. The molecule has 1 aliphatic heterocycles. The first-order chi connectivity index (χ1) is 17.5. The number of urea groups is 1. The van der Waals surface area contributed by atoms with Crippen LogP contribution in [0.3, 0.4) is 0 Å². The van der Waals surface area contributed by atoms with Crippen LogP contribution in [0.2, 0.25) is 0 Å². The highest BCUT2D eigenvalue weighted by Gasteiger charge is 2.25. The molecule has 4 rings (SSSR count). The monoisotopic (exact) mass is 485 g/mol. The molecule has 0 bridgehead atoms. The van der Waals surface area contributed by atoms with Crippen molar-refractivity contribution in [1.29, 1.82) is 0 Å². The third-order valence-electron chi connectivity index (χ3n) is 7.18. The van der Waals surface area contributed by atoms with Crippen LogP contribution >= 0.6 is 0 Å². The van der Waals surface area contributed by atoms with Crippen molar-refractivity contribution in [3.8, 4) is 0 Å². The van der Waals surface area contributed by atoms with Crippen molar-refractivity contribution < 1.29 is 9.59 Å². The number of nitrogens with one attached hydrogen (secondary N) is 1. The second kappa shape index (κ2) is 12.2. The smallest absolute Gasteiger partial charge is 0.317 e. The molecule has 5 heteroatoms. The van der Waals surface area contributed by atoms with Crippen LogP contribution < -0.4 is 5.32 Å². The standard InChI is InChI=1S/C31H39N3O2/c1-4-5-15-32-31(36)34-16-13-24(14-17-34)25-11-12-29-27(20-25)26(19-23-9-7-6-8-10-23)28(21-33-29)30(35)18-22(2)3/h6-12,20-22,24H,4-5,13-19H2,1-3H3,(H,32,36). The average molecular weight is 486 g/mol. The average Bonchev–Trinajstić information content (AvgIpc) is 2.89. The number of nitrogens with zero attached hydrogens (tertiary/aromatic N) is 2. The summed E-state index contributed by atoms with van der Waals surface area (Å²) in [4.78, 5) is 32.3. The quantitative estimate of drug-likeness (QED) is 0.270. The Bertz CT molecular complexity index is 1180. The summed E-state index contributed by atoms with van der Waals surface area (Å²) < 4.78 is 0. The number of hydrogen-bond acceptors (Lipinski definition) is 3. The Labute approximate surface area is 215 Å². The summed E-state index contributed by atoms with van der Waals surface area (Å²) in [5.41, 5.74) is 5.22. The number of likely N-dealkylation sites (tertiary alicyclic amines) is 1. The van der Waals surface area contributed by atoms with Gasteiger partial charge in [-0.15, -0.1) is 0 Å². The van der Waals surface area contributed by atoms with Gasteiger partial charge in [-0.25, -0.2) is 4.79 Å². The Kier molecular flexibility index (Phi) is 8.74. The van der Waals surface area contributed by atoms with Gasteiger partial charge in [-0.1, -0.05) is 63.6 Å². The highest BCUT2D eigenvalue weighted by atomic mass is 16.2. The van der Waals surface area contributed by atoms with E-state index in [1.165, 1.54) is 11.1 Å². The fraction of sp³-hybridized carbons (Fsp3) is 0.452. The number of fused-ring (bicyclic) bond motifs is 1. The van der Waals surface area contributed by atoms with Crippen molar-refractivity contribution in [2.45, 2.75) is 65.2 Å². The topological polar surface area (TPSA) is 62.3 Å². The highest BCUT2D eigenvalue weighted by molar-refractivity contribution is 6.01. The Morgan fingerprint density at radius 2 is 1.83 bits per heavy atom. The fourth-order valence-electron chi connectivity index (χ4n) is 5.13. The second-order valence-corrected chi connectivity index (χ2v) is 10.5. The number of amides is 2. The Hall–Kier alpha value is -3.21. The molecular formula is C31H39N3O2. The molecule has 2 heterocycles. The number of aromatic nitrogens is 1. The predicted molar refractivity (Wildman–Crippen MR) is 147 cm³/mol. The highest BCUT2D eigenvalue weighted by Crippen LogP contribution is 2.33. The van der Waals surface area contributed by atoms with E-state index < -0.39 is 0 Å². The van der Waals surface area contributed by atoms with Crippen molar-refractivity contribution in [2.24, 2.45) is 5.92 Å². The van der Waals surface area contributed by atoms with Crippen LogP contribution in [0.5, 0.6) is 0 Å². The number of Topliss-reactive ketones (excluding diaryl/α,β-unsaturated/α-hetero) is 1. The normalized spacial score (nSPS) is 14.4. The lowest BCUT2D eigenvalue weighted by Crippen LogP contribution is -2.44. The number of carbonyl (C=O) groups is 2. The number of pyridine rings is 1. The van der Waals surface area contributed by atoms with Gasteiger partial charge >= 0.3 is 6.03 Å². The van der Waals surface area contributed by atoms with Crippen LogP contribution in [0.15, 0.2) is 54.7 Å². The number of rotatable bonds is 9. The molecule has 190 valence electrons. The van der Waals surface area contributed by atoms with E-state index in [9.17, 15) is 9.59 Å². The molecule has 36 heavy (non-hydrogen) atoms. The molecule has 1 fully saturated rings. The Balaban J connectivity index is 1.60. The molecule has 1 N–H and O–H groups in total. The van der Waals surface area contributed by atoms with E-state index in [0.29, 0.717) is 24.7 Å². The van der Waals surface area contributed by atoms with Gasteiger partial charge < -0.3 is 10.2 Å². The molecule has 1 saturated heterocycles. The van der Waals surface area contributed by atoms with Crippen LogP contribution in [0.25, 0.3) is 10.9 Å². The van der Waals surface area contributed by atoms with E-state index in [1.54, 1.807) is 6.20 Å². The summed E-state index contributed by atoms with van der Waals surface area (Å²) in [7, 11) is 0. The maximum Gasteiger partial charge on any atom is 0.317 e. The first-order valence-electron chi connectivity index (χ1n) is 13.5. The zero-order valence-corrected chi connectivity index (χ0v) is 21.9. The SMILES string of the molecule is CCCCNC(=O)N1CCC(c2ccc3ncc(C(=O)CC(C)C)c(Cc4ccccc4)c3c2)CC1. The molecule has 1 aromatic heterocycles. The molecule has 2 amide bonds. The molecule has 0 unspecified atom stereocenters.